The Balaban J connectivity index is 1.67. The molecule has 0 radical (unpaired) electrons. The summed E-state index contributed by atoms with van der Waals surface area (Å²) in [6.45, 7) is 5.54. The minimum Gasteiger partial charge on any atom is -0.503 e. The van der Waals surface area contributed by atoms with Crippen molar-refractivity contribution in [3.05, 3.63) is 63.1 Å². The van der Waals surface area contributed by atoms with Crippen LogP contribution in [-0.2, 0) is 23.4 Å². The predicted molar refractivity (Wildman–Crippen MR) is 113 cm³/mol. The topological polar surface area (TPSA) is 83.8 Å². The molecule has 1 saturated carbocycles. The zero-order chi connectivity index (χ0) is 23.2. The lowest BCUT2D eigenvalue weighted by Crippen LogP contribution is -2.48. The van der Waals surface area contributed by atoms with Crippen LogP contribution in [0.15, 0.2) is 29.2 Å². The number of aromatic nitrogens is 1. The minimum absolute atomic E-state index is 0.0911. The van der Waals surface area contributed by atoms with Gasteiger partial charge in [-0.15, -0.1) is 0 Å². The molecule has 1 aromatic heterocycles. The normalized spacial score (nSPS) is 22.2. The minimum atomic E-state index is -0.788. The van der Waals surface area contributed by atoms with Crippen LogP contribution < -0.4 is 10.7 Å². The molecule has 4 rings (SSSR count). The number of rotatable bonds is 6. The molecule has 32 heavy (non-hydrogen) atoms. The van der Waals surface area contributed by atoms with Gasteiger partial charge in [0, 0.05) is 56.5 Å². The molecule has 9 heteroatoms. The highest BCUT2D eigenvalue weighted by atomic mass is 19.1. The summed E-state index contributed by atoms with van der Waals surface area (Å²) in [4.78, 5) is 27.8. The maximum atomic E-state index is 13.9. The first-order chi connectivity index (χ1) is 15.2. The number of fused-ring (bicyclic) bond motifs is 2. The van der Waals surface area contributed by atoms with E-state index in [-0.39, 0.29) is 35.2 Å². The van der Waals surface area contributed by atoms with Crippen molar-refractivity contribution >= 4 is 5.91 Å². The number of carbonyl (C=O) groups excluding carboxylic acids is 1. The molecule has 172 valence electrons. The van der Waals surface area contributed by atoms with Crippen molar-refractivity contribution in [2.75, 3.05) is 20.3 Å². The molecule has 7 nitrogen and oxygen atoms in total. The molecule has 1 fully saturated rings. The van der Waals surface area contributed by atoms with E-state index in [0.29, 0.717) is 18.8 Å². The quantitative estimate of drug-likeness (QED) is 0.710. The molecule has 1 amide bonds. The lowest BCUT2D eigenvalue weighted by molar-refractivity contribution is 0.0936. The van der Waals surface area contributed by atoms with E-state index in [2.05, 4.69) is 24.1 Å². The molecule has 2 atom stereocenters. The number of benzene rings is 1. The highest BCUT2D eigenvalue weighted by Gasteiger charge is 2.59. The Hall–Kier alpha value is -2.78. The third-order valence-corrected chi connectivity index (χ3v) is 6.59. The Labute approximate surface area is 184 Å². The van der Waals surface area contributed by atoms with E-state index < -0.39 is 28.7 Å². The fraction of sp³-hybridized carbons (Fsp3) is 0.478. The van der Waals surface area contributed by atoms with Crippen molar-refractivity contribution in [3.8, 4) is 5.75 Å². The summed E-state index contributed by atoms with van der Waals surface area (Å²) in [6, 6.07) is 3.27. The summed E-state index contributed by atoms with van der Waals surface area (Å²) in [5.74, 6) is -2.48. The second-order valence-electron chi connectivity index (χ2n) is 8.91. The van der Waals surface area contributed by atoms with Crippen molar-refractivity contribution in [1.82, 2.24) is 14.8 Å². The maximum absolute atomic E-state index is 13.9. The van der Waals surface area contributed by atoms with Crippen LogP contribution in [0.5, 0.6) is 5.75 Å². The Morgan fingerprint density at radius 3 is 2.78 bits per heavy atom. The number of methoxy groups -OCH3 is 1. The molecule has 2 aliphatic rings. The number of ether oxygens (including phenoxy) is 1. The van der Waals surface area contributed by atoms with Gasteiger partial charge in [-0.05, 0) is 26.3 Å². The first-order valence-electron chi connectivity index (χ1n) is 10.6. The van der Waals surface area contributed by atoms with Crippen LogP contribution in [0.2, 0.25) is 0 Å². The molecule has 1 aromatic carbocycles. The van der Waals surface area contributed by atoms with E-state index >= 15 is 0 Å². The predicted octanol–water partition coefficient (Wildman–Crippen LogP) is 2.35. The fourth-order valence-electron chi connectivity index (χ4n) is 4.60. The number of hydrogen-bond acceptors (Lipinski definition) is 5. The molecule has 1 aliphatic heterocycles. The summed E-state index contributed by atoms with van der Waals surface area (Å²) in [5, 5.41) is 13.2. The lowest BCUT2D eigenvalue weighted by atomic mass is 10.0. The highest BCUT2D eigenvalue weighted by Crippen LogP contribution is 2.54. The third kappa shape index (κ3) is 3.80. The fourth-order valence-corrected chi connectivity index (χ4v) is 4.60. The molecule has 2 aromatic rings. The van der Waals surface area contributed by atoms with Crippen LogP contribution in [-0.4, -0.2) is 46.8 Å². The molecule has 2 N–H and O–H groups in total. The smallest absolute Gasteiger partial charge is 0.257 e. The SMILES string of the molecule is COC[C@@H]1C[C@@]12CN(C(C)C)Cc1c(O)c(=O)c(C(=O)NCc3ccc(F)cc3F)cn12. The zero-order valence-corrected chi connectivity index (χ0v) is 18.3. The summed E-state index contributed by atoms with van der Waals surface area (Å²) >= 11 is 0. The van der Waals surface area contributed by atoms with Gasteiger partial charge >= 0.3 is 0 Å². The van der Waals surface area contributed by atoms with Crippen molar-refractivity contribution < 1.29 is 23.4 Å². The first-order valence-corrected chi connectivity index (χ1v) is 10.6. The molecule has 0 bridgehead atoms. The van der Waals surface area contributed by atoms with Crippen LogP contribution in [0, 0.1) is 17.6 Å². The van der Waals surface area contributed by atoms with Gasteiger partial charge in [-0.1, -0.05) is 6.07 Å². The molecule has 1 spiro atoms. The van der Waals surface area contributed by atoms with E-state index in [4.69, 9.17) is 4.74 Å². The van der Waals surface area contributed by atoms with Crippen LogP contribution in [0.3, 0.4) is 0 Å². The highest BCUT2D eigenvalue weighted by molar-refractivity contribution is 5.94. The monoisotopic (exact) mass is 447 g/mol. The zero-order valence-electron chi connectivity index (χ0n) is 18.3. The van der Waals surface area contributed by atoms with Gasteiger partial charge in [0.15, 0.2) is 5.75 Å². The Kier molecular flexibility index (Phi) is 5.81. The van der Waals surface area contributed by atoms with E-state index in [0.717, 1.165) is 25.1 Å². The van der Waals surface area contributed by atoms with Gasteiger partial charge in [0.05, 0.1) is 17.8 Å². The molecule has 2 heterocycles. The van der Waals surface area contributed by atoms with E-state index in [1.807, 2.05) is 4.57 Å². The van der Waals surface area contributed by atoms with E-state index in [9.17, 15) is 23.5 Å². The van der Waals surface area contributed by atoms with Crippen LogP contribution in [0.1, 0.15) is 41.9 Å². The molecular weight excluding hydrogens is 420 g/mol. The number of hydrogen-bond donors (Lipinski definition) is 2. The largest absolute Gasteiger partial charge is 0.503 e. The number of pyridine rings is 1. The molecular formula is C23H27F2N3O4. The van der Waals surface area contributed by atoms with E-state index in [1.54, 1.807) is 7.11 Å². The van der Waals surface area contributed by atoms with Gasteiger partial charge < -0.3 is 19.7 Å². The number of halogens is 2. The van der Waals surface area contributed by atoms with Crippen molar-refractivity contribution in [2.24, 2.45) is 5.92 Å². The number of aromatic hydroxyl groups is 1. The number of carbonyl (C=O) groups is 1. The Morgan fingerprint density at radius 2 is 2.12 bits per heavy atom. The number of amides is 1. The first kappa shape index (κ1) is 22.4. The molecule has 0 saturated heterocycles. The summed E-state index contributed by atoms with van der Waals surface area (Å²) in [6.07, 6.45) is 2.31. The second-order valence-corrected chi connectivity index (χ2v) is 8.91. The molecule has 1 aliphatic carbocycles. The third-order valence-electron chi connectivity index (χ3n) is 6.59. The Morgan fingerprint density at radius 1 is 1.38 bits per heavy atom. The van der Waals surface area contributed by atoms with Crippen molar-refractivity contribution in [1.29, 1.82) is 0 Å². The van der Waals surface area contributed by atoms with Gasteiger partial charge in [-0.2, -0.15) is 0 Å². The maximum Gasteiger partial charge on any atom is 0.257 e. The summed E-state index contributed by atoms with van der Waals surface area (Å²) < 4.78 is 34.2. The van der Waals surface area contributed by atoms with Crippen LogP contribution in [0.25, 0.3) is 0 Å². The number of nitrogens with zero attached hydrogens (tertiary/aromatic N) is 2. The molecule has 0 unspecified atom stereocenters. The van der Waals surface area contributed by atoms with Gasteiger partial charge in [0.1, 0.15) is 17.2 Å². The van der Waals surface area contributed by atoms with Crippen molar-refractivity contribution in [3.63, 3.8) is 0 Å². The second kappa shape index (κ2) is 8.29. The van der Waals surface area contributed by atoms with Crippen LogP contribution >= 0.6 is 0 Å². The van der Waals surface area contributed by atoms with Gasteiger partial charge in [-0.25, -0.2) is 8.78 Å². The standard InChI is InChI=1S/C23H27F2N3O4/c1-13(2)27-10-19-21(30)20(29)17(9-28(19)23(12-27)7-15(23)11-32-3)22(31)26-8-14-4-5-16(24)6-18(14)25/h4-6,9,13,15,30H,7-8,10-12H2,1-3H3,(H,26,31)/t15-,23+/m0/s1. The van der Waals surface area contributed by atoms with E-state index in [1.165, 1.54) is 12.3 Å². The Bertz CT molecular complexity index is 1120. The van der Waals surface area contributed by atoms with Gasteiger partial charge in [0.2, 0.25) is 5.43 Å². The van der Waals surface area contributed by atoms with Crippen molar-refractivity contribution in [2.45, 2.75) is 44.9 Å². The van der Waals surface area contributed by atoms with Gasteiger partial charge in [-0.3, -0.25) is 14.5 Å². The number of nitrogens with one attached hydrogen (secondary N) is 1. The lowest BCUT2D eigenvalue weighted by Gasteiger charge is -2.40. The van der Waals surface area contributed by atoms with Crippen LogP contribution in [0.4, 0.5) is 8.78 Å². The summed E-state index contributed by atoms with van der Waals surface area (Å²) in [7, 11) is 1.63. The van der Waals surface area contributed by atoms with Gasteiger partial charge in [0.25, 0.3) is 5.91 Å². The summed E-state index contributed by atoms with van der Waals surface area (Å²) in [5.41, 5.74) is -0.771. The average molecular weight is 447 g/mol. The average Bonchev–Trinajstić information content (AvgIpc) is 3.42.